The molecule has 0 aliphatic carbocycles. The largest absolute Gasteiger partial charge is 0.481 e. The van der Waals surface area contributed by atoms with Gasteiger partial charge >= 0.3 is 5.97 Å². The molecule has 0 spiro atoms. The van der Waals surface area contributed by atoms with Crippen LogP contribution in [0.3, 0.4) is 0 Å². The van der Waals surface area contributed by atoms with E-state index in [4.69, 9.17) is 5.11 Å². The summed E-state index contributed by atoms with van der Waals surface area (Å²) in [6, 6.07) is 0. The zero-order chi connectivity index (χ0) is 15.1. The van der Waals surface area contributed by atoms with E-state index < -0.39 is 21.5 Å². The van der Waals surface area contributed by atoms with Gasteiger partial charge in [0.1, 0.15) is 0 Å². The lowest BCUT2D eigenvalue weighted by molar-refractivity contribution is -0.137. The molecule has 0 rings (SSSR count). The van der Waals surface area contributed by atoms with E-state index in [2.05, 4.69) is 10.0 Å². The van der Waals surface area contributed by atoms with Gasteiger partial charge in [-0.25, -0.2) is 13.1 Å². The molecule has 0 saturated carbocycles. The minimum Gasteiger partial charge on any atom is -0.481 e. The fraction of sp³-hybridized carbons (Fsp3) is 0.818. The van der Waals surface area contributed by atoms with E-state index in [0.717, 1.165) is 6.26 Å². The molecule has 0 unspecified atom stereocenters. The number of rotatable bonds is 9. The van der Waals surface area contributed by atoms with Crippen LogP contribution < -0.4 is 10.0 Å². The molecule has 0 atom stereocenters. The molecular formula is C11H22N2O5S. The quantitative estimate of drug-likeness (QED) is 0.521. The van der Waals surface area contributed by atoms with Crippen molar-refractivity contribution in [2.75, 3.05) is 12.8 Å². The van der Waals surface area contributed by atoms with Crippen molar-refractivity contribution in [2.45, 2.75) is 45.1 Å². The van der Waals surface area contributed by atoms with Gasteiger partial charge in [-0.3, -0.25) is 9.59 Å². The summed E-state index contributed by atoms with van der Waals surface area (Å²) in [5, 5.41) is 11.1. The van der Waals surface area contributed by atoms with E-state index in [0.29, 0.717) is 12.8 Å². The summed E-state index contributed by atoms with van der Waals surface area (Å²) in [6.45, 7) is 3.51. The van der Waals surface area contributed by atoms with Crippen LogP contribution in [0.4, 0.5) is 0 Å². The molecule has 8 heteroatoms. The Morgan fingerprint density at radius 2 is 1.68 bits per heavy atom. The van der Waals surface area contributed by atoms with Crippen LogP contribution in [0.2, 0.25) is 0 Å². The molecule has 0 aromatic rings. The first kappa shape index (κ1) is 17.8. The molecular weight excluding hydrogens is 272 g/mol. The number of nitrogens with one attached hydrogen (secondary N) is 2. The van der Waals surface area contributed by atoms with Crippen molar-refractivity contribution in [1.82, 2.24) is 10.0 Å². The van der Waals surface area contributed by atoms with Gasteiger partial charge in [0.15, 0.2) is 0 Å². The van der Waals surface area contributed by atoms with Crippen molar-refractivity contribution in [3.63, 3.8) is 0 Å². The molecule has 3 N–H and O–H groups in total. The number of sulfonamides is 1. The Morgan fingerprint density at radius 3 is 2.16 bits per heavy atom. The van der Waals surface area contributed by atoms with Crippen LogP contribution in [0, 0.1) is 0 Å². The van der Waals surface area contributed by atoms with Crippen LogP contribution in [0.5, 0.6) is 0 Å². The van der Waals surface area contributed by atoms with Crippen LogP contribution in [0.15, 0.2) is 0 Å². The zero-order valence-electron chi connectivity index (χ0n) is 11.5. The minimum absolute atomic E-state index is 0.0500. The Labute approximate surface area is 113 Å². The highest BCUT2D eigenvalue weighted by atomic mass is 32.2. The lowest BCUT2D eigenvalue weighted by Crippen LogP contribution is -2.50. The van der Waals surface area contributed by atoms with Gasteiger partial charge in [-0.1, -0.05) is 0 Å². The van der Waals surface area contributed by atoms with Crippen LogP contribution in [0.25, 0.3) is 0 Å². The van der Waals surface area contributed by atoms with E-state index in [1.807, 2.05) is 0 Å². The van der Waals surface area contributed by atoms with Crippen molar-refractivity contribution in [3.8, 4) is 0 Å². The average Bonchev–Trinajstić information content (AvgIpc) is 2.18. The molecule has 19 heavy (non-hydrogen) atoms. The third-order valence-electron chi connectivity index (χ3n) is 2.23. The fourth-order valence-electron chi connectivity index (χ4n) is 1.51. The molecule has 7 nitrogen and oxygen atoms in total. The van der Waals surface area contributed by atoms with Crippen molar-refractivity contribution in [2.24, 2.45) is 0 Å². The standard InChI is InChI=1S/C11H22N2O5S/c1-11(2,13-19(3,17)18)8-12-9(14)6-4-5-7-10(15)16/h13H,4-8H2,1-3H3,(H,12,14)(H,15,16). The topological polar surface area (TPSA) is 113 Å². The third-order valence-corrected chi connectivity index (χ3v) is 3.16. The second kappa shape index (κ2) is 7.44. The van der Waals surface area contributed by atoms with E-state index >= 15 is 0 Å². The first-order chi connectivity index (χ1) is 8.52. The van der Waals surface area contributed by atoms with Gasteiger partial charge in [-0.15, -0.1) is 0 Å². The highest BCUT2D eigenvalue weighted by molar-refractivity contribution is 7.88. The molecule has 0 radical (unpaired) electrons. The second-order valence-electron chi connectivity index (χ2n) is 5.14. The predicted octanol–water partition coefficient (Wildman–Crippen LogP) is 0.0754. The number of hydrogen-bond acceptors (Lipinski definition) is 4. The van der Waals surface area contributed by atoms with Crippen LogP contribution >= 0.6 is 0 Å². The molecule has 0 aromatic carbocycles. The van der Waals surface area contributed by atoms with Gasteiger partial charge in [0.05, 0.1) is 6.26 Å². The summed E-state index contributed by atoms with van der Waals surface area (Å²) >= 11 is 0. The van der Waals surface area contributed by atoms with Gasteiger partial charge in [-0.2, -0.15) is 0 Å². The van der Waals surface area contributed by atoms with Gasteiger partial charge in [0.2, 0.25) is 15.9 Å². The van der Waals surface area contributed by atoms with Crippen molar-refractivity contribution in [1.29, 1.82) is 0 Å². The molecule has 0 aliphatic rings. The first-order valence-electron chi connectivity index (χ1n) is 5.99. The first-order valence-corrected chi connectivity index (χ1v) is 7.88. The van der Waals surface area contributed by atoms with E-state index in [9.17, 15) is 18.0 Å². The fourth-order valence-corrected chi connectivity index (χ4v) is 2.58. The Morgan fingerprint density at radius 1 is 1.16 bits per heavy atom. The Balaban J connectivity index is 3.92. The number of aliphatic carboxylic acids is 1. The van der Waals surface area contributed by atoms with Crippen LogP contribution in [0.1, 0.15) is 39.5 Å². The van der Waals surface area contributed by atoms with Crippen LogP contribution in [-0.2, 0) is 19.6 Å². The summed E-state index contributed by atoms with van der Waals surface area (Å²) in [5.74, 6) is -1.09. The highest BCUT2D eigenvalue weighted by Crippen LogP contribution is 2.03. The van der Waals surface area contributed by atoms with E-state index in [1.54, 1.807) is 13.8 Å². The summed E-state index contributed by atoms with van der Waals surface area (Å²) in [4.78, 5) is 21.7. The number of carboxylic acid groups (broad SMARTS) is 1. The molecule has 0 fully saturated rings. The maximum Gasteiger partial charge on any atom is 0.303 e. The number of amides is 1. The minimum atomic E-state index is -3.33. The van der Waals surface area contributed by atoms with Crippen molar-refractivity contribution < 1.29 is 23.1 Å². The summed E-state index contributed by atoms with van der Waals surface area (Å²) in [5.41, 5.74) is -0.760. The summed E-state index contributed by atoms with van der Waals surface area (Å²) in [6.07, 6.45) is 2.30. The number of hydrogen-bond donors (Lipinski definition) is 3. The number of carboxylic acids is 1. The average molecular weight is 294 g/mol. The maximum absolute atomic E-state index is 11.5. The number of carbonyl (C=O) groups is 2. The summed E-state index contributed by atoms with van der Waals surface area (Å²) in [7, 11) is -3.33. The highest BCUT2D eigenvalue weighted by Gasteiger charge is 2.22. The molecule has 1 amide bonds. The predicted molar refractivity (Wildman–Crippen MR) is 71.2 cm³/mol. The Kier molecular flexibility index (Phi) is 6.99. The van der Waals surface area contributed by atoms with Crippen molar-refractivity contribution >= 4 is 21.9 Å². The maximum atomic E-state index is 11.5. The second-order valence-corrected chi connectivity index (χ2v) is 6.88. The van der Waals surface area contributed by atoms with Gasteiger partial charge < -0.3 is 10.4 Å². The molecule has 0 aliphatic heterocycles. The smallest absolute Gasteiger partial charge is 0.303 e. The van der Waals surface area contributed by atoms with Gasteiger partial charge in [-0.05, 0) is 26.7 Å². The lowest BCUT2D eigenvalue weighted by atomic mass is 10.1. The van der Waals surface area contributed by atoms with Crippen molar-refractivity contribution in [3.05, 3.63) is 0 Å². The Bertz CT molecular complexity index is 417. The number of carbonyl (C=O) groups excluding carboxylic acids is 1. The molecule has 0 saturated heterocycles. The van der Waals surface area contributed by atoms with Gasteiger partial charge in [0.25, 0.3) is 0 Å². The summed E-state index contributed by atoms with van der Waals surface area (Å²) < 4.78 is 24.6. The zero-order valence-corrected chi connectivity index (χ0v) is 12.3. The monoisotopic (exact) mass is 294 g/mol. The third kappa shape index (κ3) is 11.7. The Hall–Kier alpha value is -1.15. The van der Waals surface area contributed by atoms with E-state index in [1.165, 1.54) is 0 Å². The van der Waals surface area contributed by atoms with Gasteiger partial charge in [0, 0.05) is 24.9 Å². The SMILES string of the molecule is CC(C)(CNC(=O)CCCCC(=O)O)NS(C)(=O)=O. The number of unbranched alkanes of at least 4 members (excludes halogenated alkanes) is 1. The molecule has 0 heterocycles. The van der Waals surface area contributed by atoms with Crippen LogP contribution in [-0.4, -0.2) is 43.7 Å². The molecule has 0 bridgehead atoms. The molecule has 112 valence electrons. The normalized spacial score (nSPS) is 12.2. The molecule has 0 aromatic heterocycles. The van der Waals surface area contributed by atoms with E-state index in [-0.39, 0.29) is 25.3 Å². The lowest BCUT2D eigenvalue weighted by Gasteiger charge is -2.25.